The van der Waals surface area contributed by atoms with Gasteiger partial charge in [0.15, 0.2) is 0 Å². The van der Waals surface area contributed by atoms with Gasteiger partial charge in [-0.3, -0.25) is 9.69 Å². The summed E-state index contributed by atoms with van der Waals surface area (Å²) in [5, 5.41) is 0. The van der Waals surface area contributed by atoms with Crippen molar-refractivity contribution in [3.05, 3.63) is 29.8 Å². The first-order valence-electron chi connectivity index (χ1n) is 6.63. The summed E-state index contributed by atoms with van der Waals surface area (Å²) < 4.78 is 38.1. The minimum absolute atomic E-state index is 0. The van der Waals surface area contributed by atoms with Crippen LogP contribution < -0.4 is 56.8 Å². The molecule has 1 aromatic carbocycles. The number of hydrogen-bond acceptors (Lipinski definition) is 2. The number of hydrogen-bond donors (Lipinski definition) is 0. The fourth-order valence-corrected chi connectivity index (χ4v) is 2.37. The Labute approximate surface area is 165 Å². The van der Waals surface area contributed by atoms with E-state index >= 15 is 0 Å². The van der Waals surface area contributed by atoms with Gasteiger partial charge in [0.2, 0.25) is 5.91 Å². The fraction of sp³-hybridized carbons (Fsp3) is 0.462. The van der Waals surface area contributed by atoms with Crippen molar-refractivity contribution < 1.29 is 69.1 Å². The van der Waals surface area contributed by atoms with Gasteiger partial charge >= 0.3 is 58.4 Å². The van der Waals surface area contributed by atoms with Crippen LogP contribution in [0.25, 0.3) is 0 Å². The number of carbonyl (C=O) groups excluding carboxylic acids is 1. The van der Waals surface area contributed by atoms with Gasteiger partial charge in [-0.2, -0.15) is 0 Å². The molecule has 0 N–H and O–H groups in total. The molecular formula is C13H17BF3KN2O. The maximum absolute atomic E-state index is 12.7. The van der Waals surface area contributed by atoms with Gasteiger partial charge in [0.25, 0.3) is 0 Å². The fourth-order valence-electron chi connectivity index (χ4n) is 2.37. The molecule has 1 amide bonds. The average molecular weight is 324 g/mol. The van der Waals surface area contributed by atoms with Gasteiger partial charge in [-0.05, 0) is 5.56 Å². The van der Waals surface area contributed by atoms with Crippen LogP contribution >= 0.6 is 0 Å². The van der Waals surface area contributed by atoms with Crippen LogP contribution in [-0.4, -0.2) is 48.9 Å². The number of amides is 1. The van der Waals surface area contributed by atoms with Gasteiger partial charge in [-0.15, -0.1) is 5.46 Å². The first-order chi connectivity index (χ1) is 9.36. The molecule has 1 heterocycles. The summed E-state index contributed by atoms with van der Waals surface area (Å²) in [4.78, 5) is 15.0. The zero-order chi connectivity index (χ0) is 14.8. The molecule has 3 nitrogen and oxygen atoms in total. The van der Waals surface area contributed by atoms with Crippen LogP contribution in [0.5, 0.6) is 0 Å². The summed E-state index contributed by atoms with van der Waals surface area (Å²) in [6, 6.07) is 5.49. The zero-order valence-corrected chi connectivity index (χ0v) is 15.5. The monoisotopic (exact) mass is 324 g/mol. The standard InChI is InChI=1S/C13H17BF3N2O.K/c1-11(20)19-7-5-18(6-8-19)10-12-3-2-4-13(9-12)14(15,16)17;/h2-4,9H,5-8,10H2,1H3;/q-1;+1. The molecule has 8 heteroatoms. The van der Waals surface area contributed by atoms with Gasteiger partial charge < -0.3 is 17.8 Å². The molecule has 0 aromatic heterocycles. The summed E-state index contributed by atoms with van der Waals surface area (Å²) in [6.07, 6.45) is 0. The summed E-state index contributed by atoms with van der Waals surface area (Å²) in [6.45, 7) is -0.255. The van der Waals surface area contributed by atoms with Crippen molar-refractivity contribution in [3.8, 4) is 0 Å². The van der Waals surface area contributed by atoms with Crippen molar-refractivity contribution in [2.75, 3.05) is 26.2 Å². The first-order valence-corrected chi connectivity index (χ1v) is 6.63. The molecule has 1 aromatic rings. The SMILES string of the molecule is CC(=O)N1CCN(Cc2cccc([B-](F)(F)F)c2)CC1.[K+]. The van der Waals surface area contributed by atoms with Crippen LogP contribution in [0.1, 0.15) is 12.5 Å². The van der Waals surface area contributed by atoms with Crippen molar-refractivity contribution in [3.63, 3.8) is 0 Å². The van der Waals surface area contributed by atoms with Gasteiger partial charge in [0.05, 0.1) is 0 Å². The minimum atomic E-state index is -4.94. The van der Waals surface area contributed by atoms with Crippen molar-refractivity contribution in [2.45, 2.75) is 13.5 Å². The molecule has 1 aliphatic heterocycles. The van der Waals surface area contributed by atoms with Crippen LogP contribution in [0, 0.1) is 0 Å². The quantitative estimate of drug-likeness (QED) is 0.626. The van der Waals surface area contributed by atoms with E-state index in [0.717, 1.165) is 6.07 Å². The van der Waals surface area contributed by atoms with Crippen LogP contribution in [0.3, 0.4) is 0 Å². The molecule has 0 saturated carbocycles. The maximum Gasteiger partial charge on any atom is 1.00 e. The Morgan fingerprint density at radius 1 is 1.19 bits per heavy atom. The molecule has 1 aliphatic rings. The number of halogens is 3. The van der Waals surface area contributed by atoms with Crippen molar-refractivity contribution in [1.82, 2.24) is 9.80 Å². The zero-order valence-electron chi connectivity index (χ0n) is 12.4. The first kappa shape index (κ1) is 19.2. The third-order valence-corrected chi connectivity index (χ3v) is 3.55. The summed E-state index contributed by atoms with van der Waals surface area (Å²) in [7, 11) is 0. The number of benzene rings is 1. The number of rotatable bonds is 3. The van der Waals surface area contributed by atoms with E-state index in [1.54, 1.807) is 11.0 Å². The second-order valence-corrected chi connectivity index (χ2v) is 5.10. The number of carbonyl (C=O) groups is 1. The Bertz CT molecular complexity index is 491. The molecule has 2 rings (SSSR count). The summed E-state index contributed by atoms with van der Waals surface area (Å²) >= 11 is 0. The van der Waals surface area contributed by atoms with E-state index in [-0.39, 0.29) is 57.3 Å². The van der Waals surface area contributed by atoms with Crippen molar-refractivity contribution >= 4 is 18.3 Å². The van der Waals surface area contributed by atoms with Gasteiger partial charge in [-0.25, -0.2) is 0 Å². The third-order valence-electron chi connectivity index (χ3n) is 3.55. The maximum atomic E-state index is 12.7. The average Bonchev–Trinajstić information content (AvgIpc) is 2.38. The molecule has 0 spiro atoms. The Morgan fingerprint density at radius 2 is 1.81 bits per heavy atom. The Hall–Kier alpha value is 0.141. The molecule has 0 aliphatic carbocycles. The third kappa shape index (κ3) is 5.69. The van der Waals surface area contributed by atoms with Gasteiger partial charge in [-0.1, -0.05) is 24.3 Å². The van der Waals surface area contributed by atoms with E-state index in [1.165, 1.54) is 19.1 Å². The number of piperazine rings is 1. The molecule has 21 heavy (non-hydrogen) atoms. The predicted octanol–water partition coefficient (Wildman–Crippen LogP) is -1.59. The molecule has 110 valence electrons. The molecule has 0 unspecified atom stereocenters. The molecule has 0 radical (unpaired) electrons. The van der Waals surface area contributed by atoms with Crippen LogP contribution in [0.4, 0.5) is 12.9 Å². The largest absolute Gasteiger partial charge is 1.00 e. The second kappa shape index (κ2) is 8.12. The van der Waals surface area contributed by atoms with E-state index in [9.17, 15) is 17.7 Å². The van der Waals surface area contributed by atoms with E-state index in [1.807, 2.05) is 0 Å². The molecule has 0 bridgehead atoms. The van der Waals surface area contributed by atoms with E-state index in [4.69, 9.17) is 0 Å². The Kier molecular flexibility index (Phi) is 7.42. The minimum Gasteiger partial charge on any atom is -0.445 e. The smallest absolute Gasteiger partial charge is 0.445 e. The number of nitrogens with zero attached hydrogens (tertiary/aromatic N) is 2. The summed E-state index contributed by atoms with van der Waals surface area (Å²) in [5.74, 6) is 0.0476. The Balaban J connectivity index is 0.00000220. The second-order valence-electron chi connectivity index (χ2n) is 5.10. The van der Waals surface area contributed by atoms with Crippen LogP contribution in [-0.2, 0) is 11.3 Å². The van der Waals surface area contributed by atoms with Crippen LogP contribution in [0.15, 0.2) is 24.3 Å². The van der Waals surface area contributed by atoms with Crippen LogP contribution in [0.2, 0.25) is 0 Å². The van der Waals surface area contributed by atoms with E-state index < -0.39 is 12.4 Å². The Morgan fingerprint density at radius 3 is 2.33 bits per heavy atom. The van der Waals surface area contributed by atoms with E-state index in [0.29, 0.717) is 38.3 Å². The normalized spacial score (nSPS) is 16.5. The molecule has 1 fully saturated rings. The van der Waals surface area contributed by atoms with Crippen molar-refractivity contribution in [1.29, 1.82) is 0 Å². The topological polar surface area (TPSA) is 23.6 Å². The molecular weight excluding hydrogens is 307 g/mol. The van der Waals surface area contributed by atoms with Crippen molar-refractivity contribution in [2.24, 2.45) is 0 Å². The predicted molar refractivity (Wildman–Crippen MR) is 72.7 cm³/mol. The molecule has 1 saturated heterocycles. The van der Waals surface area contributed by atoms with E-state index in [2.05, 4.69) is 4.90 Å². The van der Waals surface area contributed by atoms with Gasteiger partial charge in [0, 0.05) is 39.6 Å². The summed E-state index contributed by atoms with van der Waals surface area (Å²) in [5.41, 5.74) is 0.114. The molecule has 0 atom stereocenters. The van der Waals surface area contributed by atoms with Gasteiger partial charge in [0.1, 0.15) is 0 Å².